The Labute approximate surface area is 148 Å². The van der Waals surface area contributed by atoms with E-state index in [2.05, 4.69) is 5.32 Å². The number of fused-ring (bicyclic) bond motifs is 1. The molecular formula is C18H17NO7. The average molecular weight is 359 g/mol. The largest absolute Gasteiger partial charge is 0.423 e. The van der Waals surface area contributed by atoms with Crippen molar-refractivity contribution in [3.8, 4) is 0 Å². The molecule has 1 aromatic carbocycles. The topological polar surface area (TPSA) is 104 Å². The van der Waals surface area contributed by atoms with E-state index in [4.69, 9.17) is 18.6 Å². The molecule has 0 radical (unpaired) electrons. The van der Waals surface area contributed by atoms with Crippen LogP contribution in [-0.2, 0) is 30.4 Å². The maximum Gasteiger partial charge on any atom is 0.350 e. The van der Waals surface area contributed by atoms with Crippen LogP contribution in [0.5, 0.6) is 0 Å². The van der Waals surface area contributed by atoms with Crippen LogP contribution in [0.1, 0.15) is 19.4 Å². The number of carbonyl (C=O) groups is 2. The van der Waals surface area contributed by atoms with Crippen LogP contribution in [0, 0.1) is 0 Å². The molecule has 1 aliphatic rings. The van der Waals surface area contributed by atoms with Crippen LogP contribution in [0.25, 0.3) is 11.0 Å². The molecule has 8 nitrogen and oxygen atoms in total. The van der Waals surface area contributed by atoms with Gasteiger partial charge in [0.05, 0.1) is 6.61 Å². The zero-order valence-electron chi connectivity index (χ0n) is 14.5. The average Bonchev–Trinajstić information content (AvgIpc) is 2.52. The van der Waals surface area contributed by atoms with Crippen LogP contribution in [0.2, 0.25) is 0 Å². The van der Waals surface area contributed by atoms with E-state index in [0.717, 1.165) is 5.39 Å². The van der Waals surface area contributed by atoms with Gasteiger partial charge < -0.3 is 23.9 Å². The Balaban J connectivity index is 1.89. The van der Waals surface area contributed by atoms with Gasteiger partial charge in [-0.1, -0.05) is 0 Å². The highest BCUT2D eigenvalue weighted by Crippen LogP contribution is 2.24. The minimum absolute atomic E-state index is 0.265. The first-order chi connectivity index (χ1) is 12.3. The fraction of sp³-hybridized carbons (Fsp3) is 0.278. The zero-order valence-corrected chi connectivity index (χ0v) is 14.5. The van der Waals surface area contributed by atoms with Gasteiger partial charge in [-0.05, 0) is 17.7 Å². The molecule has 1 N–H and O–H groups in total. The molecule has 2 aromatic rings. The van der Waals surface area contributed by atoms with Crippen molar-refractivity contribution in [2.45, 2.75) is 26.2 Å². The first kappa shape index (κ1) is 17.7. The number of anilines is 1. The number of carbonyl (C=O) groups excluding carboxylic acids is 2. The Hall–Kier alpha value is -3.13. The molecule has 0 amide bonds. The lowest BCUT2D eigenvalue weighted by Gasteiger charge is -2.29. The van der Waals surface area contributed by atoms with E-state index in [1.165, 1.54) is 33.2 Å². The molecule has 0 unspecified atom stereocenters. The monoisotopic (exact) mass is 359 g/mol. The molecule has 1 fully saturated rings. The number of hydrogen-bond donors (Lipinski definition) is 1. The summed E-state index contributed by atoms with van der Waals surface area (Å²) in [5.41, 5.74) is 0.794. The highest BCUT2D eigenvalue weighted by molar-refractivity contribution is 6.15. The quantitative estimate of drug-likeness (QED) is 0.383. The highest BCUT2D eigenvalue weighted by Gasteiger charge is 2.38. The number of nitrogens with one attached hydrogen (secondary N) is 1. The molecular weight excluding hydrogens is 342 g/mol. The van der Waals surface area contributed by atoms with Crippen molar-refractivity contribution >= 4 is 28.6 Å². The second-order valence-corrected chi connectivity index (χ2v) is 6.12. The molecule has 1 aromatic heterocycles. The lowest BCUT2D eigenvalue weighted by Crippen LogP contribution is -2.42. The number of esters is 2. The third kappa shape index (κ3) is 3.60. The summed E-state index contributed by atoms with van der Waals surface area (Å²) in [5.74, 6) is -2.86. The second-order valence-electron chi connectivity index (χ2n) is 6.12. The van der Waals surface area contributed by atoms with E-state index >= 15 is 0 Å². The summed E-state index contributed by atoms with van der Waals surface area (Å²) in [7, 11) is 1.53. The van der Waals surface area contributed by atoms with E-state index in [1.807, 2.05) is 0 Å². The minimum atomic E-state index is -1.30. The molecule has 0 atom stereocenters. The van der Waals surface area contributed by atoms with E-state index < -0.39 is 23.4 Å². The van der Waals surface area contributed by atoms with Crippen molar-refractivity contribution in [2.75, 3.05) is 12.4 Å². The van der Waals surface area contributed by atoms with Crippen molar-refractivity contribution in [1.29, 1.82) is 0 Å². The number of rotatable bonds is 4. The van der Waals surface area contributed by atoms with Crippen molar-refractivity contribution in [3.05, 3.63) is 52.0 Å². The van der Waals surface area contributed by atoms with Crippen LogP contribution in [0.15, 0.2) is 45.3 Å². The summed E-state index contributed by atoms with van der Waals surface area (Å²) < 4.78 is 20.3. The third-order valence-electron chi connectivity index (χ3n) is 3.63. The van der Waals surface area contributed by atoms with Gasteiger partial charge in [-0.2, -0.15) is 0 Å². The van der Waals surface area contributed by atoms with Gasteiger partial charge in [0.15, 0.2) is 5.57 Å². The Morgan fingerprint density at radius 1 is 1.12 bits per heavy atom. The summed E-state index contributed by atoms with van der Waals surface area (Å²) in [6.45, 7) is 3.21. The molecule has 8 heteroatoms. The van der Waals surface area contributed by atoms with Crippen LogP contribution >= 0.6 is 0 Å². The third-order valence-corrected chi connectivity index (χ3v) is 3.63. The van der Waals surface area contributed by atoms with Gasteiger partial charge in [-0.3, -0.25) is 0 Å². The van der Waals surface area contributed by atoms with Crippen molar-refractivity contribution in [1.82, 2.24) is 0 Å². The maximum absolute atomic E-state index is 11.9. The normalized spacial score (nSPS) is 16.2. The van der Waals surface area contributed by atoms with Crippen LogP contribution in [0.4, 0.5) is 5.69 Å². The number of ether oxygens (including phenoxy) is 3. The molecule has 1 aliphatic heterocycles. The molecule has 3 rings (SSSR count). The second kappa shape index (κ2) is 6.64. The van der Waals surface area contributed by atoms with E-state index in [-0.39, 0.29) is 12.2 Å². The molecule has 0 spiro atoms. The van der Waals surface area contributed by atoms with Gasteiger partial charge in [-0.25, -0.2) is 14.4 Å². The maximum atomic E-state index is 11.9. The number of methoxy groups -OCH3 is 1. The summed E-state index contributed by atoms with van der Waals surface area (Å²) in [5, 5.41) is 3.53. The summed E-state index contributed by atoms with van der Waals surface area (Å²) in [6.07, 6.45) is 1.19. The highest BCUT2D eigenvalue weighted by atomic mass is 16.7. The minimum Gasteiger partial charge on any atom is -0.423 e. The Bertz CT molecular complexity index is 949. The van der Waals surface area contributed by atoms with Gasteiger partial charge in [-0.15, -0.1) is 0 Å². The first-order valence-electron chi connectivity index (χ1n) is 7.78. The lowest BCUT2D eigenvalue weighted by atomic mass is 10.1. The zero-order chi connectivity index (χ0) is 18.9. The van der Waals surface area contributed by atoms with Crippen molar-refractivity contribution in [2.24, 2.45) is 0 Å². The summed E-state index contributed by atoms with van der Waals surface area (Å²) >= 11 is 0. The van der Waals surface area contributed by atoms with Crippen LogP contribution < -0.4 is 10.9 Å². The predicted octanol–water partition coefficient (Wildman–Crippen LogP) is 2.07. The lowest BCUT2D eigenvalue weighted by molar-refractivity contribution is -0.222. The van der Waals surface area contributed by atoms with E-state index in [9.17, 15) is 14.4 Å². The molecule has 136 valence electrons. The molecule has 26 heavy (non-hydrogen) atoms. The molecule has 0 bridgehead atoms. The Kier molecular flexibility index (Phi) is 4.52. The van der Waals surface area contributed by atoms with Gasteiger partial charge in [0, 0.05) is 50.4 Å². The molecule has 2 heterocycles. The van der Waals surface area contributed by atoms with Crippen LogP contribution in [0.3, 0.4) is 0 Å². The van der Waals surface area contributed by atoms with E-state index in [1.54, 1.807) is 18.2 Å². The fourth-order valence-electron chi connectivity index (χ4n) is 2.53. The Morgan fingerprint density at radius 2 is 1.81 bits per heavy atom. The molecule has 0 saturated carbocycles. The molecule has 0 aliphatic carbocycles. The van der Waals surface area contributed by atoms with Gasteiger partial charge in [0.25, 0.3) is 5.79 Å². The number of hydrogen-bond acceptors (Lipinski definition) is 8. The predicted molar refractivity (Wildman–Crippen MR) is 91.2 cm³/mol. The summed E-state index contributed by atoms with van der Waals surface area (Å²) in [4.78, 5) is 35.5. The molecule has 1 saturated heterocycles. The van der Waals surface area contributed by atoms with Crippen molar-refractivity contribution in [3.63, 3.8) is 0 Å². The SMILES string of the molecule is COCc1cc(=O)oc2cc(NC=C3C(=O)OC(C)(C)OC3=O)ccc12. The standard InChI is InChI=1S/C18H17NO7/c1-18(2)25-16(21)13(17(22)26-18)8-19-11-4-5-12-10(9-23-3)6-15(20)24-14(12)7-11/h4-8,19H,9H2,1-3H3. The fourth-order valence-corrected chi connectivity index (χ4v) is 2.53. The number of benzene rings is 1. The first-order valence-corrected chi connectivity index (χ1v) is 7.78. The summed E-state index contributed by atoms with van der Waals surface area (Å²) in [6, 6.07) is 6.41. The van der Waals surface area contributed by atoms with Crippen molar-refractivity contribution < 1.29 is 28.2 Å². The van der Waals surface area contributed by atoms with E-state index in [0.29, 0.717) is 16.8 Å². The van der Waals surface area contributed by atoms with Gasteiger partial charge >= 0.3 is 17.6 Å². The van der Waals surface area contributed by atoms with Gasteiger partial charge in [0.1, 0.15) is 5.58 Å². The van der Waals surface area contributed by atoms with Gasteiger partial charge in [0.2, 0.25) is 0 Å². The number of cyclic esters (lactones) is 2. The van der Waals surface area contributed by atoms with Crippen LogP contribution in [-0.4, -0.2) is 24.8 Å². The smallest absolute Gasteiger partial charge is 0.350 e. The Morgan fingerprint density at radius 3 is 2.46 bits per heavy atom.